The van der Waals surface area contributed by atoms with Gasteiger partial charge in [-0.3, -0.25) is 0 Å². The van der Waals surface area contributed by atoms with Crippen LogP contribution in [0.1, 0.15) is 62.3 Å². The van der Waals surface area contributed by atoms with Crippen LogP contribution in [0.3, 0.4) is 0 Å². The first kappa shape index (κ1) is 30.5. The van der Waals surface area contributed by atoms with Crippen molar-refractivity contribution >= 4 is 25.0 Å². The van der Waals surface area contributed by atoms with Gasteiger partial charge in [-0.1, -0.05) is 62.3 Å². The summed E-state index contributed by atoms with van der Waals surface area (Å²) < 4.78 is 32.7. The maximum absolute atomic E-state index is 7.00. The smallest absolute Gasteiger partial charge is 0.192 e. The third-order valence-electron chi connectivity index (χ3n) is 8.39. The van der Waals surface area contributed by atoms with Gasteiger partial charge in [0.15, 0.2) is 31.2 Å². The lowest BCUT2D eigenvalue weighted by molar-refractivity contribution is -0.149. The minimum Gasteiger partial charge on any atom is -0.414 e. The zero-order valence-electron chi connectivity index (χ0n) is 24.1. The van der Waals surface area contributed by atoms with E-state index < -0.39 is 31.2 Å². The molecule has 0 bridgehead atoms. The molecule has 0 unspecified atom stereocenters. The lowest BCUT2D eigenvalue weighted by Gasteiger charge is -2.44. The normalized spacial score (nSPS) is 26.6. The van der Waals surface area contributed by atoms with Crippen LogP contribution in [-0.2, 0) is 22.8 Å². The fourth-order valence-corrected chi connectivity index (χ4v) is 6.44. The number of hydrogen-bond donors (Lipinski definition) is 0. The van der Waals surface area contributed by atoms with Gasteiger partial charge in [0.2, 0.25) is 0 Å². The van der Waals surface area contributed by atoms with Crippen molar-refractivity contribution in [1.82, 2.24) is 0 Å². The first-order chi connectivity index (χ1) is 14.0. The highest BCUT2D eigenvalue weighted by Crippen LogP contribution is 2.44. The standard InChI is InChI=1S/C24H54O5Si3/c1-22(2,3)30(11,12)26-17-18-19(28-31(13,14)23(4,5)6)20(21(25-10)27-18)29-32(15,16)24(7,8)9/h18-21H,17H2,1-16H3/t18-,19-,20-,21-/m1/s1. The second-order valence-electron chi connectivity index (χ2n) is 14.0. The predicted octanol–water partition coefficient (Wildman–Crippen LogP) is 7.16. The van der Waals surface area contributed by atoms with Crippen molar-refractivity contribution in [1.29, 1.82) is 0 Å². The molecule has 0 spiro atoms. The molecule has 1 saturated heterocycles. The number of ether oxygens (including phenoxy) is 2. The van der Waals surface area contributed by atoms with Gasteiger partial charge in [-0.05, 0) is 54.4 Å². The van der Waals surface area contributed by atoms with Crippen molar-refractivity contribution in [3.8, 4) is 0 Å². The lowest BCUT2D eigenvalue weighted by atomic mass is 10.1. The average molecular weight is 507 g/mol. The Kier molecular flexibility index (Phi) is 9.37. The van der Waals surface area contributed by atoms with E-state index in [2.05, 4.69) is 102 Å². The van der Waals surface area contributed by atoms with Crippen LogP contribution < -0.4 is 0 Å². The monoisotopic (exact) mass is 506 g/mol. The molecule has 4 atom stereocenters. The summed E-state index contributed by atoms with van der Waals surface area (Å²) in [6, 6.07) is 0. The van der Waals surface area contributed by atoms with E-state index in [-0.39, 0.29) is 33.4 Å². The second-order valence-corrected chi connectivity index (χ2v) is 28.4. The number of rotatable bonds is 8. The fourth-order valence-electron chi connectivity index (χ4n) is 2.82. The van der Waals surface area contributed by atoms with Gasteiger partial charge in [-0.25, -0.2) is 0 Å². The highest BCUT2D eigenvalue weighted by molar-refractivity contribution is 6.75. The van der Waals surface area contributed by atoms with Gasteiger partial charge in [0.1, 0.15) is 18.3 Å². The van der Waals surface area contributed by atoms with Crippen LogP contribution >= 0.6 is 0 Å². The van der Waals surface area contributed by atoms with E-state index in [0.717, 1.165) is 0 Å². The average Bonchev–Trinajstić information content (AvgIpc) is 2.86. The first-order valence-corrected chi connectivity index (χ1v) is 20.9. The van der Waals surface area contributed by atoms with Crippen LogP contribution in [0.2, 0.25) is 54.4 Å². The predicted molar refractivity (Wildman–Crippen MR) is 143 cm³/mol. The largest absolute Gasteiger partial charge is 0.414 e. The summed E-state index contributed by atoms with van der Waals surface area (Å²) in [6.07, 6.45) is -1.13. The van der Waals surface area contributed by atoms with Gasteiger partial charge in [-0.2, -0.15) is 0 Å². The zero-order valence-corrected chi connectivity index (χ0v) is 27.1. The molecule has 192 valence electrons. The molecule has 8 heteroatoms. The molecule has 1 aliphatic heterocycles. The maximum atomic E-state index is 7.00. The molecule has 1 aliphatic rings. The van der Waals surface area contributed by atoms with E-state index in [1.54, 1.807) is 7.11 Å². The first-order valence-electron chi connectivity index (χ1n) is 12.1. The topological polar surface area (TPSA) is 46.2 Å². The molecule has 32 heavy (non-hydrogen) atoms. The molecule has 0 aromatic carbocycles. The van der Waals surface area contributed by atoms with Crippen LogP contribution in [-0.4, -0.2) is 63.3 Å². The number of methoxy groups -OCH3 is 1. The summed E-state index contributed by atoms with van der Waals surface area (Å²) in [7, 11) is -4.36. The highest BCUT2D eigenvalue weighted by Gasteiger charge is 2.54. The van der Waals surface area contributed by atoms with E-state index >= 15 is 0 Å². The van der Waals surface area contributed by atoms with Crippen LogP contribution in [0.25, 0.3) is 0 Å². The third-order valence-corrected chi connectivity index (χ3v) is 21.8. The Labute approximate surface area is 202 Å². The van der Waals surface area contributed by atoms with Crippen LogP contribution in [0.15, 0.2) is 0 Å². The molecular weight excluding hydrogens is 453 g/mol. The summed E-state index contributed by atoms with van der Waals surface area (Å²) in [5.74, 6) is 0. The summed E-state index contributed by atoms with van der Waals surface area (Å²) in [5.41, 5.74) is 0. The summed E-state index contributed by atoms with van der Waals surface area (Å²) in [5, 5.41) is 0.312. The fraction of sp³-hybridized carbons (Fsp3) is 1.00. The molecule has 1 heterocycles. The SMILES string of the molecule is CO[C@@H]1O[C@H](CO[Si](C)(C)C(C)(C)C)[C@@H](O[Si](C)(C)C(C)(C)C)[C@H]1O[Si](C)(C)C(C)(C)C. The molecule has 0 aromatic heterocycles. The van der Waals surface area contributed by atoms with E-state index in [4.69, 9.17) is 22.8 Å². The van der Waals surface area contributed by atoms with Crippen molar-refractivity contribution < 1.29 is 22.8 Å². The second kappa shape index (κ2) is 9.84. The zero-order chi connectivity index (χ0) is 25.6. The Balaban J connectivity index is 3.30. The molecule has 5 nitrogen and oxygen atoms in total. The molecule has 0 aromatic rings. The minimum atomic E-state index is -2.07. The summed E-state index contributed by atoms with van der Waals surface area (Å²) in [6.45, 7) is 34.6. The van der Waals surface area contributed by atoms with Crippen molar-refractivity contribution in [2.45, 2.75) is 141 Å². The number of hydrogen-bond acceptors (Lipinski definition) is 5. The molecule has 1 rings (SSSR count). The molecule has 1 fully saturated rings. The Hall–Kier alpha value is 0.451. The van der Waals surface area contributed by atoms with Crippen LogP contribution in [0.4, 0.5) is 0 Å². The van der Waals surface area contributed by atoms with Gasteiger partial charge in [0.25, 0.3) is 0 Å². The van der Waals surface area contributed by atoms with Crippen LogP contribution in [0.5, 0.6) is 0 Å². The van der Waals surface area contributed by atoms with Crippen molar-refractivity contribution in [2.75, 3.05) is 13.7 Å². The molecule has 0 aliphatic carbocycles. The maximum Gasteiger partial charge on any atom is 0.192 e. The van der Waals surface area contributed by atoms with E-state index in [1.165, 1.54) is 0 Å². The van der Waals surface area contributed by atoms with Gasteiger partial charge in [0.05, 0.1) is 6.61 Å². The minimum absolute atomic E-state index is 0.0859. The highest BCUT2D eigenvalue weighted by atomic mass is 28.4. The van der Waals surface area contributed by atoms with Crippen LogP contribution in [0, 0.1) is 0 Å². The van der Waals surface area contributed by atoms with Crippen molar-refractivity contribution in [3.63, 3.8) is 0 Å². The Morgan fingerprint density at radius 1 is 0.625 bits per heavy atom. The van der Waals surface area contributed by atoms with Gasteiger partial charge in [-0.15, -0.1) is 0 Å². The molecule has 0 amide bonds. The van der Waals surface area contributed by atoms with Gasteiger partial charge >= 0.3 is 0 Å². The van der Waals surface area contributed by atoms with Gasteiger partial charge < -0.3 is 22.8 Å². The van der Waals surface area contributed by atoms with Crippen molar-refractivity contribution in [3.05, 3.63) is 0 Å². The van der Waals surface area contributed by atoms with E-state index in [1.807, 2.05) is 0 Å². The van der Waals surface area contributed by atoms with E-state index in [9.17, 15) is 0 Å². The summed E-state index contributed by atoms with van der Waals surface area (Å²) in [4.78, 5) is 0. The Morgan fingerprint density at radius 3 is 1.34 bits per heavy atom. The lowest BCUT2D eigenvalue weighted by Crippen LogP contribution is -2.55. The Morgan fingerprint density at radius 2 is 1.00 bits per heavy atom. The molecule has 0 radical (unpaired) electrons. The van der Waals surface area contributed by atoms with Gasteiger partial charge in [0, 0.05) is 7.11 Å². The third kappa shape index (κ3) is 6.99. The molecular formula is C24H54O5Si3. The Bertz CT molecular complexity index is 615. The molecule has 0 N–H and O–H groups in total. The van der Waals surface area contributed by atoms with E-state index in [0.29, 0.717) is 6.61 Å². The van der Waals surface area contributed by atoms with Crippen molar-refractivity contribution in [2.24, 2.45) is 0 Å². The summed E-state index contributed by atoms with van der Waals surface area (Å²) >= 11 is 0. The quantitative estimate of drug-likeness (QED) is 0.327. The molecule has 0 saturated carbocycles.